The summed E-state index contributed by atoms with van der Waals surface area (Å²) in [4.78, 5) is 11.0. The molecular weight excluding hydrogens is 200 g/mol. The van der Waals surface area contributed by atoms with Crippen LogP contribution >= 0.6 is 0 Å². The summed E-state index contributed by atoms with van der Waals surface area (Å²) in [6.45, 7) is 4.56. The van der Waals surface area contributed by atoms with Gasteiger partial charge in [0.05, 0.1) is 6.61 Å². The number of carbonyl (C=O) groups is 1. The van der Waals surface area contributed by atoms with Gasteiger partial charge in [-0.25, -0.2) is 0 Å². The molecule has 0 atom stereocenters. The fraction of sp³-hybridized carbons (Fsp3) is 0.786. The molecule has 0 bridgehead atoms. The van der Waals surface area contributed by atoms with E-state index in [0.29, 0.717) is 13.0 Å². The first-order valence-electron chi connectivity index (χ1n) is 6.61. The van der Waals surface area contributed by atoms with Crippen LogP contribution in [0.5, 0.6) is 0 Å². The Morgan fingerprint density at radius 3 is 2.31 bits per heavy atom. The van der Waals surface area contributed by atoms with E-state index in [2.05, 4.69) is 19.1 Å². The average molecular weight is 226 g/mol. The maximum absolute atomic E-state index is 11.0. The Balaban J connectivity index is 3.15. The highest BCUT2D eigenvalue weighted by Gasteiger charge is 1.99. The molecule has 0 aliphatic heterocycles. The lowest BCUT2D eigenvalue weighted by Crippen LogP contribution is -2.02. The summed E-state index contributed by atoms with van der Waals surface area (Å²) >= 11 is 0. The van der Waals surface area contributed by atoms with Gasteiger partial charge in [0.1, 0.15) is 0 Å². The van der Waals surface area contributed by atoms with E-state index >= 15 is 0 Å². The number of carbonyl (C=O) groups excluding carboxylic acids is 1. The summed E-state index contributed by atoms with van der Waals surface area (Å²) in [6.07, 6.45) is 13.3. The molecule has 2 heteroatoms. The number of allylic oxidation sites excluding steroid dienone is 2. The first kappa shape index (κ1) is 15.2. The predicted octanol–water partition coefficient (Wildman–Crippen LogP) is 4.25. The maximum Gasteiger partial charge on any atom is 0.305 e. The van der Waals surface area contributed by atoms with Crippen molar-refractivity contribution in [2.24, 2.45) is 0 Å². The molecule has 0 saturated heterocycles. The SMILES string of the molecule is CCCC/C=C\CCCCCC(=O)OCC. The van der Waals surface area contributed by atoms with Crippen LogP contribution in [0.4, 0.5) is 0 Å². The van der Waals surface area contributed by atoms with Gasteiger partial charge in [0, 0.05) is 6.42 Å². The second kappa shape index (κ2) is 12.3. The molecule has 0 spiro atoms. The molecule has 0 rings (SSSR count). The van der Waals surface area contributed by atoms with Gasteiger partial charge in [0.25, 0.3) is 0 Å². The zero-order chi connectivity index (χ0) is 12.1. The normalized spacial score (nSPS) is 10.9. The minimum absolute atomic E-state index is 0.0546. The second-order valence-corrected chi connectivity index (χ2v) is 4.02. The van der Waals surface area contributed by atoms with E-state index in [-0.39, 0.29) is 5.97 Å². The van der Waals surface area contributed by atoms with Crippen LogP contribution in [0.25, 0.3) is 0 Å². The second-order valence-electron chi connectivity index (χ2n) is 4.02. The third kappa shape index (κ3) is 11.3. The first-order valence-corrected chi connectivity index (χ1v) is 6.61. The van der Waals surface area contributed by atoms with Crippen LogP contribution in [0.15, 0.2) is 12.2 Å². The van der Waals surface area contributed by atoms with E-state index in [0.717, 1.165) is 19.3 Å². The summed E-state index contributed by atoms with van der Waals surface area (Å²) in [7, 11) is 0. The highest BCUT2D eigenvalue weighted by molar-refractivity contribution is 5.69. The molecule has 0 aromatic heterocycles. The van der Waals surface area contributed by atoms with E-state index in [4.69, 9.17) is 4.74 Å². The van der Waals surface area contributed by atoms with Gasteiger partial charge < -0.3 is 4.74 Å². The van der Waals surface area contributed by atoms with Crippen molar-refractivity contribution in [3.8, 4) is 0 Å². The van der Waals surface area contributed by atoms with E-state index in [1.165, 1.54) is 25.7 Å². The molecule has 94 valence electrons. The molecule has 0 aliphatic carbocycles. The third-order valence-corrected chi connectivity index (χ3v) is 2.45. The van der Waals surface area contributed by atoms with E-state index in [1.54, 1.807) is 0 Å². The molecule has 0 radical (unpaired) electrons. The Kier molecular flexibility index (Phi) is 11.7. The zero-order valence-corrected chi connectivity index (χ0v) is 10.8. The monoisotopic (exact) mass is 226 g/mol. The molecule has 0 aliphatic rings. The molecule has 0 aromatic carbocycles. The van der Waals surface area contributed by atoms with Crippen molar-refractivity contribution in [1.82, 2.24) is 0 Å². The maximum atomic E-state index is 11.0. The standard InChI is InChI=1S/C14H26O2/c1-3-5-6-7-8-9-10-11-12-13-14(15)16-4-2/h7-8H,3-6,9-13H2,1-2H3/b8-7-. The van der Waals surface area contributed by atoms with E-state index < -0.39 is 0 Å². The number of hydrogen-bond donors (Lipinski definition) is 0. The van der Waals surface area contributed by atoms with Crippen LogP contribution in [0.1, 0.15) is 65.2 Å². The van der Waals surface area contributed by atoms with Crippen LogP contribution in [0.3, 0.4) is 0 Å². The summed E-state index contributed by atoms with van der Waals surface area (Å²) < 4.78 is 4.86. The van der Waals surface area contributed by atoms with Gasteiger partial charge in [-0.3, -0.25) is 4.79 Å². The molecule has 0 unspecified atom stereocenters. The van der Waals surface area contributed by atoms with Gasteiger partial charge in [-0.2, -0.15) is 0 Å². The molecule has 0 aromatic rings. The van der Waals surface area contributed by atoms with Crippen LogP contribution in [0.2, 0.25) is 0 Å². The van der Waals surface area contributed by atoms with Crippen molar-refractivity contribution in [2.75, 3.05) is 6.61 Å². The lowest BCUT2D eigenvalue weighted by molar-refractivity contribution is -0.143. The number of unbranched alkanes of at least 4 members (excludes halogenated alkanes) is 5. The van der Waals surface area contributed by atoms with Crippen molar-refractivity contribution in [3.05, 3.63) is 12.2 Å². The number of hydrogen-bond acceptors (Lipinski definition) is 2. The van der Waals surface area contributed by atoms with Gasteiger partial charge in [0.15, 0.2) is 0 Å². The van der Waals surface area contributed by atoms with E-state index in [1.807, 2.05) is 6.92 Å². The summed E-state index contributed by atoms with van der Waals surface area (Å²) in [5.41, 5.74) is 0. The highest BCUT2D eigenvalue weighted by Crippen LogP contribution is 2.05. The minimum Gasteiger partial charge on any atom is -0.466 e. The van der Waals surface area contributed by atoms with Gasteiger partial charge in [0.2, 0.25) is 0 Å². The number of esters is 1. The summed E-state index contributed by atoms with van der Waals surface area (Å²) in [6, 6.07) is 0. The third-order valence-electron chi connectivity index (χ3n) is 2.45. The van der Waals surface area contributed by atoms with Gasteiger partial charge in [-0.15, -0.1) is 0 Å². The van der Waals surface area contributed by atoms with Gasteiger partial charge >= 0.3 is 5.97 Å². The first-order chi connectivity index (χ1) is 7.81. The van der Waals surface area contributed by atoms with Crippen molar-refractivity contribution >= 4 is 5.97 Å². The lowest BCUT2D eigenvalue weighted by Gasteiger charge is -2.00. The quantitative estimate of drug-likeness (QED) is 0.316. The van der Waals surface area contributed by atoms with Crippen molar-refractivity contribution in [2.45, 2.75) is 65.2 Å². The van der Waals surface area contributed by atoms with Crippen LogP contribution in [0, 0.1) is 0 Å². The number of ether oxygens (including phenoxy) is 1. The lowest BCUT2D eigenvalue weighted by atomic mass is 10.1. The predicted molar refractivity (Wildman–Crippen MR) is 68.4 cm³/mol. The fourth-order valence-corrected chi connectivity index (χ4v) is 1.50. The number of rotatable bonds is 10. The molecule has 0 N–H and O–H groups in total. The van der Waals surface area contributed by atoms with Crippen molar-refractivity contribution < 1.29 is 9.53 Å². The fourth-order valence-electron chi connectivity index (χ4n) is 1.50. The highest BCUT2D eigenvalue weighted by atomic mass is 16.5. The summed E-state index contributed by atoms with van der Waals surface area (Å²) in [5.74, 6) is -0.0546. The van der Waals surface area contributed by atoms with E-state index in [9.17, 15) is 4.79 Å². The molecule has 0 amide bonds. The molecule has 2 nitrogen and oxygen atoms in total. The smallest absolute Gasteiger partial charge is 0.305 e. The zero-order valence-electron chi connectivity index (χ0n) is 10.8. The molecule has 16 heavy (non-hydrogen) atoms. The van der Waals surface area contributed by atoms with Crippen LogP contribution in [-0.2, 0) is 9.53 Å². The van der Waals surface area contributed by atoms with Gasteiger partial charge in [-0.1, -0.05) is 38.3 Å². The molecule has 0 heterocycles. The molecular formula is C14H26O2. The Morgan fingerprint density at radius 1 is 1.00 bits per heavy atom. The largest absolute Gasteiger partial charge is 0.466 e. The molecule has 0 fully saturated rings. The Bertz CT molecular complexity index is 185. The van der Waals surface area contributed by atoms with Crippen LogP contribution in [-0.4, -0.2) is 12.6 Å². The minimum atomic E-state index is -0.0546. The van der Waals surface area contributed by atoms with Crippen molar-refractivity contribution in [1.29, 1.82) is 0 Å². The van der Waals surface area contributed by atoms with Crippen LogP contribution < -0.4 is 0 Å². The Morgan fingerprint density at radius 2 is 1.69 bits per heavy atom. The average Bonchev–Trinajstić information content (AvgIpc) is 2.27. The Hall–Kier alpha value is -0.790. The molecule has 0 saturated carbocycles. The van der Waals surface area contributed by atoms with Gasteiger partial charge in [-0.05, 0) is 32.6 Å². The van der Waals surface area contributed by atoms with Crippen molar-refractivity contribution in [3.63, 3.8) is 0 Å². The topological polar surface area (TPSA) is 26.3 Å². The summed E-state index contributed by atoms with van der Waals surface area (Å²) in [5, 5.41) is 0. The Labute approximate surface area is 100 Å².